The van der Waals surface area contributed by atoms with Gasteiger partial charge in [-0.2, -0.15) is 0 Å². The minimum absolute atomic E-state index is 0.275. The third kappa shape index (κ3) is 4.98. The molecule has 102 valence electrons. The van der Waals surface area contributed by atoms with E-state index in [-0.39, 0.29) is 6.54 Å². The molecular weight excluding hydrogens is 258 g/mol. The monoisotopic (exact) mass is 275 g/mol. The predicted octanol–water partition coefficient (Wildman–Crippen LogP) is -0.717. The van der Waals surface area contributed by atoms with E-state index in [9.17, 15) is 8.42 Å². The number of nitrogens with one attached hydrogen (secondary N) is 3. The summed E-state index contributed by atoms with van der Waals surface area (Å²) in [4.78, 5) is 0. The molecule has 0 saturated heterocycles. The molecule has 3 N–H and O–H groups in total. The van der Waals surface area contributed by atoms with E-state index in [4.69, 9.17) is 4.42 Å². The lowest BCUT2D eigenvalue weighted by Crippen LogP contribution is -2.27. The Hall–Kier alpha value is -1.19. The van der Waals surface area contributed by atoms with E-state index in [1.165, 1.54) is 12.8 Å². The van der Waals surface area contributed by atoms with Crippen molar-refractivity contribution in [1.82, 2.24) is 20.2 Å². The summed E-state index contributed by atoms with van der Waals surface area (Å²) in [6.45, 7) is 1.24. The fourth-order valence-electron chi connectivity index (χ4n) is 1.32. The zero-order valence-electron chi connectivity index (χ0n) is 10.1. The van der Waals surface area contributed by atoms with Crippen LogP contribution in [0.1, 0.15) is 18.7 Å². The second-order valence-corrected chi connectivity index (χ2v) is 6.08. The first-order valence-corrected chi connectivity index (χ1v) is 7.66. The first kappa shape index (κ1) is 13.2. The Morgan fingerprint density at radius 1 is 1.33 bits per heavy atom. The smallest absolute Gasteiger partial charge is 0.315 e. The van der Waals surface area contributed by atoms with Crippen LogP contribution in [0.2, 0.25) is 0 Å². The average molecular weight is 275 g/mol. The quantitative estimate of drug-likeness (QED) is 0.537. The molecule has 0 unspecified atom stereocenters. The van der Waals surface area contributed by atoms with Crippen molar-refractivity contribution in [2.24, 2.45) is 0 Å². The van der Waals surface area contributed by atoms with Gasteiger partial charge in [-0.1, -0.05) is 5.10 Å². The number of rotatable bonds is 8. The van der Waals surface area contributed by atoms with E-state index in [2.05, 4.69) is 25.6 Å². The van der Waals surface area contributed by atoms with Gasteiger partial charge in [0.05, 0.1) is 12.8 Å². The molecule has 0 atom stereocenters. The Morgan fingerprint density at radius 3 is 2.78 bits per heavy atom. The van der Waals surface area contributed by atoms with Crippen molar-refractivity contribution in [1.29, 1.82) is 0 Å². The Labute approximate surface area is 106 Å². The first-order chi connectivity index (χ1) is 8.53. The molecule has 1 aromatic rings. The Bertz CT molecular complexity index is 482. The molecule has 0 amide bonds. The maximum atomic E-state index is 10.8. The fourth-order valence-corrected chi connectivity index (χ4v) is 1.79. The van der Waals surface area contributed by atoms with Gasteiger partial charge in [0, 0.05) is 19.1 Å². The lowest BCUT2D eigenvalue weighted by Gasteiger charge is -2.01. The number of nitrogens with zero attached hydrogens (tertiary/aromatic N) is 2. The van der Waals surface area contributed by atoms with Gasteiger partial charge in [0.25, 0.3) is 0 Å². The number of sulfonamides is 1. The molecule has 18 heavy (non-hydrogen) atoms. The van der Waals surface area contributed by atoms with E-state index < -0.39 is 10.0 Å². The van der Waals surface area contributed by atoms with E-state index in [0.717, 1.165) is 6.26 Å². The van der Waals surface area contributed by atoms with Crippen molar-refractivity contribution >= 4 is 16.0 Å². The van der Waals surface area contributed by atoms with Crippen LogP contribution in [0.15, 0.2) is 4.42 Å². The number of anilines is 1. The van der Waals surface area contributed by atoms with Gasteiger partial charge in [-0.05, 0) is 12.8 Å². The van der Waals surface area contributed by atoms with Crippen LogP contribution < -0.4 is 15.4 Å². The van der Waals surface area contributed by atoms with Crippen LogP contribution in [-0.4, -0.2) is 44.0 Å². The first-order valence-electron chi connectivity index (χ1n) is 5.77. The zero-order chi connectivity index (χ0) is 13.0. The van der Waals surface area contributed by atoms with Gasteiger partial charge in [-0.25, -0.2) is 13.1 Å². The molecule has 9 heteroatoms. The topological polar surface area (TPSA) is 109 Å². The molecule has 0 spiro atoms. The van der Waals surface area contributed by atoms with Gasteiger partial charge in [0.15, 0.2) is 0 Å². The fraction of sp³-hybridized carbons (Fsp3) is 0.778. The maximum absolute atomic E-state index is 10.8. The summed E-state index contributed by atoms with van der Waals surface area (Å²) >= 11 is 0. The van der Waals surface area contributed by atoms with Crippen LogP contribution >= 0.6 is 0 Å². The van der Waals surface area contributed by atoms with Gasteiger partial charge in [-0.3, -0.25) is 0 Å². The standard InChI is InChI=1S/C9H17N5O3S/c1-18(15,16)12-5-4-10-9-14-13-8(17-9)6-11-7-2-3-7/h7,11-12H,2-6H2,1H3,(H,10,14). The molecule has 8 nitrogen and oxygen atoms in total. The van der Waals surface area contributed by atoms with Crippen LogP contribution in [0, 0.1) is 0 Å². The van der Waals surface area contributed by atoms with Crippen molar-refractivity contribution in [3.05, 3.63) is 5.89 Å². The summed E-state index contributed by atoms with van der Waals surface area (Å²) in [7, 11) is -3.15. The summed E-state index contributed by atoms with van der Waals surface area (Å²) < 4.78 is 29.3. The molecule has 1 saturated carbocycles. The molecule has 2 rings (SSSR count). The molecule has 1 heterocycles. The van der Waals surface area contributed by atoms with E-state index in [0.29, 0.717) is 31.0 Å². The minimum Gasteiger partial charge on any atom is -0.407 e. The molecule has 1 aromatic heterocycles. The largest absolute Gasteiger partial charge is 0.407 e. The third-order valence-electron chi connectivity index (χ3n) is 2.35. The molecule has 1 aliphatic carbocycles. The molecule has 1 fully saturated rings. The SMILES string of the molecule is CS(=O)(=O)NCCNc1nnc(CNC2CC2)o1. The van der Waals surface area contributed by atoms with Crippen LogP contribution in [-0.2, 0) is 16.6 Å². The normalized spacial score (nSPS) is 15.8. The van der Waals surface area contributed by atoms with Crippen LogP contribution in [0.3, 0.4) is 0 Å². The van der Waals surface area contributed by atoms with Gasteiger partial charge in [0.1, 0.15) is 0 Å². The van der Waals surface area contributed by atoms with Crippen molar-refractivity contribution < 1.29 is 12.8 Å². The minimum atomic E-state index is -3.15. The van der Waals surface area contributed by atoms with Gasteiger partial charge < -0.3 is 15.1 Å². The van der Waals surface area contributed by atoms with Gasteiger partial charge >= 0.3 is 6.01 Å². The second-order valence-electron chi connectivity index (χ2n) is 4.25. The highest BCUT2D eigenvalue weighted by atomic mass is 32.2. The maximum Gasteiger partial charge on any atom is 0.315 e. The van der Waals surface area contributed by atoms with Crippen molar-refractivity contribution in [2.75, 3.05) is 24.7 Å². The van der Waals surface area contributed by atoms with Gasteiger partial charge in [-0.15, -0.1) is 5.10 Å². The van der Waals surface area contributed by atoms with Crippen LogP contribution in [0.25, 0.3) is 0 Å². The summed E-state index contributed by atoms with van der Waals surface area (Å²) in [6.07, 6.45) is 3.52. The highest BCUT2D eigenvalue weighted by Crippen LogP contribution is 2.19. The van der Waals surface area contributed by atoms with Gasteiger partial charge in [0.2, 0.25) is 15.9 Å². The highest BCUT2D eigenvalue weighted by molar-refractivity contribution is 7.88. The number of aromatic nitrogens is 2. The van der Waals surface area contributed by atoms with E-state index in [1.54, 1.807) is 0 Å². The highest BCUT2D eigenvalue weighted by Gasteiger charge is 2.21. The molecular formula is C9H17N5O3S. The van der Waals surface area contributed by atoms with Crippen molar-refractivity contribution in [2.45, 2.75) is 25.4 Å². The Balaban J connectivity index is 1.66. The molecule has 0 radical (unpaired) electrons. The molecule has 0 aromatic carbocycles. The summed E-state index contributed by atoms with van der Waals surface area (Å²) in [5.41, 5.74) is 0. The Morgan fingerprint density at radius 2 is 2.11 bits per heavy atom. The summed E-state index contributed by atoms with van der Waals surface area (Å²) in [5.74, 6) is 0.528. The third-order valence-corrected chi connectivity index (χ3v) is 3.08. The van der Waals surface area contributed by atoms with Crippen molar-refractivity contribution in [3.8, 4) is 0 Å². The zero-order valence-corrected chi connectivity index (χ0v) is 11.0. The average Bonchev–Trinajstić information content (AvgIpc) is 3.00. The molecule has 1 aliphatic rings. The van der Waals surface area contributed by atoms with Crippen molar-refractivity contribution in [3.63, 3.8) is 0 Å². The summed E-state index contributed by atoms with van der Waals surface area (Å²) in [5, 5.41) is 13.8. The number of hydrogen-bond donors (Lipinski definition) is 3. The molecule has 0 aliphatic heterocycles. The second kappa shape index (κ2) is 5.63. The van der Waals surface area contributed by atoms with E-state index >= 15 is 0 Å². The lowest BCUT2D eigenvalue weighted by molar-refractivity contribution is 0.475. The molecule has 0 bridgehead atoms. The Kier molecular flexibility index (Phi) is 4.15. The predicted molar refractivity (Wildman–Crippen MR) is 65.5 cm³/mol. The van der Waals surface area contributed by atoms with E-state index in [1.807, 2.05) is 0 Å². The van der Waals surface area contributed by atoms with Crippen LogP contribution in [0.4, 0.5) is 6.01 Å². The summed E-state index contributed by atoms with van der Waals surface area (Å²) in [6, 6.07) is 0.894. The number of hydrogen-bond acceptors (Lipinski definition) is 7. The van der Waals surface area contributed by atoms with Crippen LogP contribution in [0.5, 0.6) is 0 Å². The lowest BCUT2D eigenvalue weighted by atomic mass is 10.6.